The minimum atomic E-state index is -0.195. The van der Waals surface area contributed by atoms with Crippen molar-refractivity contribution in [1.82, 2.24) is 5.32 Å². The molecular weight excluding hydrogens is 366 g/mol. The van der Waals surface area contributed by atoms with Gasteiger partial charge in [0.15, 0.2) is 0 Å². The molecule has 0 radical (unpaired) electrons. The summed E-state index contributed by atoms with van der Waals surface area (Å²) in [6, 6.07) is 24.2. The fourth-order valence-corrected chi connectivity index (χ4v) is 2.75. The van der Waals surface area contributed by atoms with E-state index in [2.05, 4.69) is 5.32 Å². The molecule has 0 bridgehead atoms. The maximum absolute atomic E-state index is 12.7. The van der Waals surface area contributed by atoms with Crippen LogP contribution in [0.15, 0.2) is 78.9 Å². The maximum Gasteiger partial charge on any atom is 0.255 e. The molecule has 1 unspecified atom stereocenters. The molecule has 150 valence electrons. The number of nitrogens with one attached hydrogen (secondary N) is 1. The number of carbonyl (C=O) groups excluding carboxylic acids is 1. The minimum absolute atomic E-state index is 0.174. The van der Waals surface area contributed by atoms with Gasteiger partial charge in [-0.2, -0.15) is 0 Å². The third-order valence-electron chi connectivity index (χ3n) is 4.31. The van der Waals surface area contributed by atoms with E-state index in [0.29, 0.717) is 24.5 Å². The smallest absolute Gasteiger partial charge is 0.255 e. The van der Waals surface area contributed by atoms with Crippen LogP contribution in [-0.2, 0) is 6.61 Å². The first kappa shape index (κ1) is 20.3. The van der Waals surface area contributed by atoms with Crippen molar-refractivity contribution in [2.45, 2.75) is 19.6 Å². The van der Waals surface area contributed by atoms with E-state index in [4.69, 9.17) is 14.2 Å². The fourth-order valence-electron chi connectivity index (χ4n) is 2.75. The summed E-state index contributed by atoms with van der Waals surface area (Å²) in [4.78, 5) is 12.7. The summed E-state index contributed by atoms with van der Waals surface area (Å²) in [5.74, 6) is 1.85. The molecule has 5 nitrogen and oxygen atoms in total. The lowest BCUT2D eigenvalue weighted by Crippen LogP contribution is -2.37. The lowest BCUT2D eigenvalue weighted by Gasteiger charge is -2.17. The Bertz CT molecular complexity index is 910. The molecular formula is C24H25NO4. The van der Waals surface area contributed by atoms with E-state index < -0.39 is 0 Å². The number of benzene rings is 3. The van der Waals surface area contributed by atoms with E-state index in [-0.39, 0.29) is 11.9 Å². The maximum atomic E-state index is 12.7. The molecule has 0 aliphatic heterocycles. The standard InChI is InChI=1S/C24H25NO4/c1-18(16-28-21-14-12-20(27-2)13-15-21)25-24(26)22-10-6-7-11-23(22)29-17-19-8-4-3-5-9-19/h3-15,18H,16-17H2,1-2H3,(H,25,26). The summed E-state index contributed by atoms with van der Waals surface area (Å²) >= 11 is 0. The van der Waals surface area contributed by atoms with E-state index in [9.17, 15) is 4.79 Å². The highest BCUT2D eigenvalue weighted by molar-refractivity contribution is 5.97. The van der Waals surface area contributed by atoms with Crippen LogP contribution in [0, 0.1) is 0 Å². The first-order valence-electron chi connectivity index (χ1n) is 9.49. The number of ether oxygens (including phenoxy) is 3. The average Bonchev–Trinajstić information content (AvgIpc) is 2.77. The predicted molar refractivity (Wildman–Crippen MR) is 113 cm³/mol. The fraction of sp³-hybridized carbons (Fsp3) is 0.208. The molecule has 3 rings (SSSR count). The van der Waals surface area contributed by atoms with Gasteiger partial charge in [-0.1, -0.05) is 42.5 Å². The van der Waals surface area contributed by atoms with Gasteiger partial charge in [-0.15, -0.1) is 0 Å². The number of amides is 1. The van der Waals surface area contributed by atoms with Gasteiger partial charge in [0, 0.05) is 0 Å². The van der Waals surface area contributed by atoms with Gasteiger partial charge in [0.25, 0.3) is 5.91 Å². The van der Waals surface area contributed by atoms with Crippen LogP contribution in [0.2, 0.25) is 0 Å². The van der Waals surface area contributed by atoms with Crippen molar-refractivity contribution in [3.63, 3.8) is 0 Å². The lowest BCUT2D eigenvalue weighted by molar-refractivity contribution is 0.0922. The highest BCUT2D eigenvalue weighted by atomic mass is 16.5. The van der Waals surface area contributed by atoms with E-state index in [1.54, 1.807) is 19.2 Å². The first-order valence-corrected chi connectivity index (χ1v) is 9.49. The zero-order valence-electron chi connectivity index (χ0n) is 16.6. The number of carbonyl (C=O) groups is 1. The Labute approximate surface area is 171 Å². The summed E-state index contributed by atoms with van der Waals surface area (Å²) in [6.45, 7) is 2.65. The Kier molecular flexibility index (Phi) is 7.11. The summed E-state index contributed by atoms with van der Waals surface area (Å²) in [5, 5.41) is 2.96. The van der Waals surface area contributed by atoms with Gasteiger partial charge < -0.3 is 19.5 Å². The number of hydrogen-bond donors (Lipinski definition) is 1. The normalized spacial score (nSPS) is 11.4. The van der Waals surface area contributed by atoms with E-state index in [1.165, 1.54) is 0 Å². The lowest BCUT2D eigenvalue weighted by atomic mass is 10.1. The van der Waals surface area contributed by atoms with Crippen molar-refractivity contribution in [1.29, 1.82) is 0 Å². The van der Waals surface area contributed by atoms with Crippen LogP contribution in [0.1, 0.15) is 22.8 Å². The SMILES string of the molecule is COc1ccc(OCC(C)NC(=O)c2ccccc2OCc2ccccc2)cc1. The van der Waals surface area contributed by atoms with Crippen molar-refractivity contribution in [3.8, 4) is 17.2 Å². The molecule has 0 saturated carbocycles. The molecule has 0 spiro atoms. The topological polar surface area (TPSA) is 56.8 Å². The zero-order chi connectivity index (χ0) is 20.5. The van der Waals surface area contributed by atoms with Crippen LogP contribution in [0.25, 0.3) is 0 Å². The van der Waals surface area contributed by atoms with Crippen molar-refractivity contribution in [2.24, 2.45) is 0 Å². The van der Waals surface area contributed by atoms with Crippen LogP contribution in [0.5, 0.6) is 17.2 Å². The Morgan fingerprint density at radius 1 is 0.862 bits per heavy atom. The van der Waals surface area contributed by atoms with E-state index in [0.717, 1.165) is 17.1 Å². The van der Waals surface area contributed by atoms with Crippen molar-refractivity contribution in [3.05, 3.63) is 90.0 Å². The Balaban J connectivity index is 1.55. The molecule has 3 aromatic rings. The Hall–Kier alpha value is -3.47. The second kappa shape index (κ2) is 10.2. The minimum Gasteiger partial charge on any atom is -0.497 e. The van der Waals surface area contributed by atoms with Crippen LogP contribution in [0.3, 0.4) is 0 Å². The van der Waals surface area contributed by atoms with Crippen LogP contribution in [-0.4, -0.2) is 25.7 Å². The molecule has 0 fully saturated rings. The van der Waals surface area contributed by atoms with Crippen molar-refractivity contribution < 1.29 is 19.0 Å². The summed E-state index contributed by atoms with van der Waals surface area (Å²) in [6.07, 6.45) is 0. The zero-order valence-corrected chi connectivity index (χ0v) is 16.6. The second-order valence-corrected chi connectivity index (χ2v) is 6.63. The molecule has 0 saturated heterocycles. The highest BCUT2D eigenvalue weighted by Crippen LogP contribution is 2.20. The highest BCUT2D eigenvalue weighted by Gasteiger charge is 2.15. The number of para-hydroxylation sites is 1. The Morgan fingerprint density at radius 2 is 1.52 bits per heavy atom. The second-order valence-electron chi connectivity index (χ2n) is 6.63. The third kappa shape index (κ3) is 6.01. The third-order valence-corrected chi connectivity index (χ3v) is 4.31. The predicted octanol–water partition coefficient (Wildman–Crippen LogP) is 4.47. The molecule has 0 aromatic heterocycles. The number of methoxy groups -OCH3 is 1. The molecule has 29 heavy (non-hydrogen) atoms. The molecule has 1 N–H and O–H groups in total. The Morgan fingerprint density at radius 3 is 2.24 bits per heavy atom. The van der Waals surface area contributed by atoms with E-state index >= 15 is 0 Å². The monoisotopic (exact) mass is 391 g/mol. The van der Waals surface area contributed by atoms with Gasteiger partial charge in [0.2, 0.25) is 0 Å². The van der Waals surface area contributed by atoms with Crippen LogP contribution in [0.4, 0.5) is 0 Å². The quantitative estimate of drug-likeness (QED) is 0.585. The summed E-state index contributed by atoms with van der Waals surface area (Å²) in [7, 11) is 1.62. The van der Waals surface area contributed by atoms with Gasteiger partial charge in [0.1, 0.15) is 30.5 Å². The summed E-state index contributed by atoms with van der Waals surface area (Å²) in [5.41, 5.74) is 1.55. The molecule has 0 heterocycles. The van der Waals surface area contributed by atoms with E-state index in [1.807, 2.05) is 73.7 Å². The van der Waals surface area contributed by atoms with Gasteiger partial charge in [-0.05, 0) is 48.9 Å². The van der Waals surface area contributed by atoms with Crippen molar-refractivity contribution >= 4 is 5.91 Å². The molecule has 0 aliphatic rings. The van der Waals surface area contributed by atoms with Gasteiger partial charge in [0.05, 0.1) is 18.7 Å². The molecule has 5 heteroatoms. The molecule has 3 aromatic carbocycles. The molecule has 0 aliphatic carbocycles. The van der Waals surface area contributed by atoms with Gasteiger partial charge in [-0.25, -0.2) is 0 Å². The van der Waals surface area contributed by atoms with Gasteiger partial charge >= 0.3 is 0 Å². The summed E-state index contributed by atoms with van der Waals surface area (Å²) < 4.78 is 16.7. The van der Waals surface area contributed by atoms with Crippen LogP contribution >= 0.6 is 0 Å². The largest absolute Gasteiger partial charge is 0.497 e. The number of hydrogen-bond acceptors (Lipinski definition) is 4. The first-order chi connectivity index (χ1) is 14.2. The van der Waals surface area contributed by atoms with Crippen molar-refractivity contribution in [2.75, 3.05) is 13.7 Å². The molecule has 1 atom stereocenters. The van der Waals surface area contributed by atoms with Gasteiger partial charge in [-0.3, -0.25) is 4.79 Å². The number of rotatable bonds is 9. The van der Waals surface area contributed by atoms with Crippen LogP contribution < -0.4 is 19.5 Å². The average molecular weight is 391 g/mol. The molecule has 1 amide bonds.